The highest BCUT2D eigenvalue weighted by molar-refractivity contribution is 9.08. The maximum absolute atomic E-state index is 12.9. The van der Waals surface area contributed by atoms with Gasteiger partial charge in [0.25, 0.3) is 0 Å². The molecule has 0 spiro atoms. The quantitative estimate of drug-likeness (QED) is 0.787. The highest BCUT2D eigenvalue weighted by Crippen LogP contribution is 2.38. The van der Waals surface area contributed by atoms with Crippen LogP contribution in [0.4, 0.5) is 13.2 Å². The SMILES string of the molecule is FC(F)(F)C1(COc2ccc(CBr)cc2)OCCO1. The third kappa shape index (κ3) is 3.21. The van der Waals surface area contributed by atoms with E-state index >= 15 is 0 Å². The van der Waals surface area contributed by atoms with Crippen molar-refractivity contribution in [3.05, 3.63) is 29.8 Å². The second kappa shape index (κ2) is 5.68. The number of benzene rings is 1. The van der Waals surface area contributed by atoms with Crippen LogP contribution in [0, 0.1) is 0 Å². The van der Waals surface area contributed by atoms with E-state index < -0.39 is 18.6 Å². The molecule has 0 unspecified atom stereocenters. The summed E-state index contributed by atoms with van der Waals surface area (Å²) < 4.78 is 53.2. The minimum atomic E-state index is -4.63. The van der Waals surface area contributed by atoms with Crippen LogP contribution in [0.15, 0.2) is 24.3 Å². The Morgan fingerprint density at radius 2 is 1.74 bits per heavy atom. The minimum absolute atomic E-state index is 0.0919. The van der Waals surface area contributed by atoms with Crippen molar-refractivity contribution in [1.29, 1.82) is 0 Å². The van der Waals surface area contributed by atoms with E-state index in [4.69, 9.17) is 14.2 Å². The van der Waals surface area contributed by atoms with E-state index in [0.717, 1.165) is 5.56 Å². The molecule has 1 heterocycles. The van der Waals surface area contributed by atoms with Crippen LogP contribution in [0.3, 0.4) is 0 Å². The Morgan fingerprint density at radius 1 is 1.16 bits per heavy atom. The van der Waals surface area contributed by atoms with Gasteiger partial charge < -0.3 is 14.2 Å². The molecule has 1 aromatic rings. The highest BCUT2D eigenvalue weighted by Gasteiger charge is 2.61. The van der Waals surface area contributed by atoms with Crippen LogP contribution in [0.1, 0.15) is 5.56 Å². The summed E-state index contributed by atoms with van der Waals surface area (Å²) in [6.45, 7) is -0.902. The number of hydrogen-bond acceptors (Lipinski definition) is 3. The number of halogens is 4. The van der Waals surface area contributed by atoms with Crippen molar-refractivity contribution in [2.75, 3.05) is 19.8 Å². The molecule has 0 atom stereocenters. The van der Waals surface area contributed by atoms with Gasteiger partial charge in [0.1, 0.15) is 5.75 Å². The van der Waals surface area contributed by atoms with Crippen molar-refractivity contribution in [2.24, 2.45) is 0 Å². The molecule has 1 fully saturated rings. The van der Waals surface area contributed by atoms with Gasteiger partial charge in [-0.2, -0.15) is 13.2 Å². The second-order valence-electron chi connectivity index (χ2n) is 4.01. The van der Waals surface area contributed by atoms with E-state index in [1.54, 1.807) is 24.3 Å². The summed E-state index contributed by atoms with van der Waals surface area (Å²) in [5.41, 5.74) is 1.01. The molecule has 2 rings (SSSR count). The molecule has 1 aliphatic rings. The average molecular weight is 341 g/mol. The van der Waals surface area contributed by atoms with Crippen molar-refractivity contribution >= 4 is 15.9 Å². The van der Waals surface area contributed by atoms with E-state index in [-0.39, 0.29) is 13.2 Å². The van der Waals surface area contributed by atoms with Gasteiger partial charge in [0.2, 0.25) is 0 Å². The maximum atomic E-state index is 12.9. The van der Waals surface area contributed by atoms with Gasteiger partial charge in [-0.3, -0.25) is 0 Å². The molecule has 0 N–H and O–H groups in total. The summed E-state index contributed by atoms with van der Waals surface area (Å²) in [5.74, 6) is -2.31. The first-order chi connectivity index (χ1) is 8.97. The molecule has 106 valence electrons. The van der Waals surface area contributed by atoms with E-state index in [9.17, 15) is 13.2 Å². The summed E-state index contributed by atoms with van der Waals surface area (Å²) in [7, 11) is 0. The lowest BCUT2D eigenvalue weighted by atomic mass is 10.2. The molecule has 0 saturated carbocycles. The molecule has 1 aromatic carbocycles. The highest BCUT2D eigenvalue weighted by atomic mass is 79.9. The largest absolute Gasteiger partial charge is 0.488 e. The van der Waals surface area contributed by atoms with Crippen molar-refractivity contribution in [3.8, 4) is 5.75 Å². The Morgan fingerprint density at radius 3 is 2.21 bits per heavy atom. The van der Waals surface area contributed by atoms with Crippen LogP contribution in [-0.4, -0.2) is 31.8 Å². The molecule has 7 heteroatoms. The molecular weight excluding hydrogens is 329 g/mol. The first-order valence-electron chi connectivity index (χ1n) is 5.59. The number of hydrogen-bond donors (Lipinski definition) is 0. The molecule has 0 radical (unpaired) electrons. The lowest BCUT2D eigenvalue weighted by Gasteiger charge is -2.29. The predicted octanol–water partition coefficient (Wildman–Crippen LogP) is 3.27. The Kier molecular flexibility index (Phi) is 4.37. The van der Waals surface area contributed by atoms with Gasteiger partial charge in [-0.1, -0.05) is 28.1 Å². The van der Waals surface area contributed by atoms with Crippen LogP contribution in [0.2, 0.25) is 0 Å². The predicted molar refractivity (Wildman–Crippen MR) is 65.3 cm³/mol. The van der Waals surface area contributed by atoms with E-state index in [1.165, 1.54) is 0 Å². The van der Waals surface area contributed by atoms with Crippen LogP contribution in [0.5, 0.6) is 5.75 Å². The van der Waals surface area contributed by atoms with Crippen molar-refractivity contribution < 1.29 is 27.4 Å². The molecule has 3 nitrogen and oxygen atoms in total. The van der Waals surface area contributed by atoms with Gasteiger partial charge in [-0.25, -0.2) is 0 Å². The van der Waals surface area contributed by atoms with Gasteiger partial charge in [0.15, 0.2) is 6.61 Å². The first-order valence-corrected chi connectivity index (χ1v) is 6.71. The minimum Gasteiger partial charge on any atom is -0.488 e. The van der Waals surface area contributed by atoms with Crippen molar-refractivity contribution in [2.45, 2.75) is 17.3 Å². The summed E-state index contributed by atoms with van der Waals surface area (Å²) in [6.07, 6.45) is -4.63. The van der Waals surface area contributed by atoms with E-state index in [0.29, 0.717) is 11.1 Å². The fourth-order valence-corrected chi connectivity index (χ4v) is 2.01. The fourth-order valence-electron chi connectivity index (χ4n) is 1.64. The Hall–Kier alpha value is -0.790. The van der Waals surface area contributed by atoms with Gasteiger partial charge in [-0.15, -0.1) is 0 Å². The van der Waals surface area contributed by atoms with Gasteiger partial charge in [-0.05, 0) is 17.7 Å². The topological polar surface area (TPSA) is 27.7 Å². The smallest absolute Gasteiger partial charge is 0.447 e. The zero-order valence-electron chi connectivity index (χ0n) is 9.87. The second-order valence-corrected chi connectivity index (χ2v) is 4.57. The zero-order chi connectivity index (χ0) is 13.9. The molecule has 1 saturated heterocycles. The Bertz CT molecular complexity index is 413. The molecule has 0 amide bonds. The van der Waals surface area contributed by atoms with Crippen LogP contribution in [0.25, 0.3) is 0 Å². The van der Waals surface area contributed by atoms with Crippen LogP contribution < -0.4 is 4.74 Å². The lowest BCUT2D eigenvalue weighted by Crippen LogP contribution is -2.51. The molecule has 0 aliphatic carbocycles. The van der Waals surface area contributed by atoms with Crippen molar-refractivity contribution in [1.82, 2.24) is 0 Å². The normalized spacial score (nSPS) is 18.5. The molecule has 1 aliphatic heterocycles. The Balaban J connectivity index is 2.03. The fraction of sp³-hybridized carbons (Fsp3) is 0.500. The van der Waals surface area contributed by atoms with Gasteiger partial charge in [0.05, 0.1) is 13.2 Å². The molecular formula is C12H12BrF3O3. The Labute approximate surface area is 116 Å². The summed E-state index contributed by atoms with van der Waals surface area (Å²) in [6, 6.07) is 6.74. The van der Waals surface area contributed by atoms with Gasteiger partial charge in [0, 0.05) is 5.33 Å². The summed E-state index contributed by atoms with van der Waals surface area (Å²) in [4.78, 5) is 0. The third-order valence-electron chi connectivity index (χ3n) is 2.69. The monoisotopic (exact) mass is 340 g/mol. The van der Waals surface area contributed by atoms with E-state index in [2.05, 4.69) is 15.9 Å². The average Bonchev–Trinajstić information content (AvgIpc) is 2.86. The van der Waals surface area contributed by atoms with Crippen LogP contribution >= 0.6 is 15.9 Å². The lowest BCUT2D eigenvalue weighted by molar-refractivity contribution is -0.350. The summed E-state index contributed by atoms with van der Waals surface area (Å²) >= 11 is 3.28. The van der Waals surface area contributed by atoms with Crippen LogP contribution in [-0.2, 0) is 14.8 Å². The van der Waals surface area contributed by atoms with Crippen molar-refractivity contribution in [3.63, 3.8) is 0 Å². The van der Waals surface area contributed by atoms with E-state index in [1.807, 2.05) is 0 Å². The third-order valence-corrected chi connectivity index (χ3v) is 3.34. The number of rotatable bonds is 4. The summed E-state index contributed by atoms with van der Waals surface area (Å²) in [5, 5.41) is 0.673. The van der Waals surface area contributed by atoms with Gasteiger partial charge >= 0.3 is 12.0 Å². The molecule has 19 heavy (non-hydrogen) atoms. The number of alkyl halides is 4. The first kappa shape index (κ1) is 14.6. The zero-order valence-corrected chi connectivity index (χ0v) is 11.5. The maximum Gasteiger partial charge on any atom is 0.447 e. The molecule has 0 bridgehead atoms. The molecule has 0 aromatic heterocycles. The standard InChI is InChI=1S/C12H12BrF3O3/c13-7-9-1-3-10(4-2-9)17-8-11(12(14,15)16)18-5-6-19-11/h1-4H,5-8H2. The number of ether oxygens (including phenoxy) is 3.